The largest absolute Gasteiger partial charge is 0.507 e. The van der Waals surface area contributed by atoms with Crippen molar-refractivity contribution in [1.29, 1.82) is 0 Å². The first-order valence-corrected chi connectivity index (χ1v) is 6.24. The van der Waals surface area contributed by atoms with Crippen molar-refractivity contribution in [1.82, 2.24) is 5.32 Å². The molecule has 0 saturated heterocycles. The summed E-state index contributed by atoms with van der Waals surface area (Å²) in [5, 5.41) is 21.9. The van der Waals surface area contributed by atoms with Gasteiger partial charge in [0.2, 0.25) is 0 Å². The maximum absolute atomic E-state index is 11.1. The van der Waals surface area contributed by atoms with E-state index >= 15 is 0 Å². The van der Waals surface area contributed by atoms with Gasteiger partial charge >= 0.3 is 5.97 Å². The van der Waals surface area contributed by atoms with E-state index in [2.05, 4.69) is 5.32 Å². The molecule has 1 unspecified atom stereocenters. The predicted molar refractivity (Wildman–Crippen MR) is 68.6 cm³/mol. The van der Waals surface area contributed by atoms with Crippen LogP contribution in [0.25, 0.3) is 0 Å². The first-order valence-electron chi connectivity index (χ1n) is 6.24. The van der Waals surface area contributed by atoms with Crippen LogP contribution in [-0.2, 0) is 11.3 Å². The van der Waals surface area contributed by atoms with Crippen LogP contribution in [-0.4, -0.2) is 22.2 Å². The number of phenols is 1. The second kappa shape index (κ2) is 4.98. The van der Waals surface area contributed by atoms with Gasteiger partial charge in [0.05, 0.1) is 0 Å². The summed E-state index contributed by atoms with van der Waals surface area (Å²) in [6, 6.07) is 3.34. The summed E-state index contributed by atoms with van der Waals surface area (Å²) in [5.74, 6) is -0.178. The van der Waals surface area contributed by atoms with Gasteiger partial charge in [0.15, 0.2) is 0 Å². The van der Waals surface area contributed by atoms with Crippen molar-refractivity contribution in [3.05, 3.63) is 28.8 Å². The molecule has 0 aromatic heterocycles. The van der Waals surface area contributed by atoms with Crippen molar-refractivity contribution in [2.45, 2.75) is 39.3 Å². The Labute approximate surface area is 107 Å². The van der Waals surface area contributed by atoms with Crippen molar-refractivity contribution in [2.24, 2.45) is 5.92 Å². The number of rotatable bonds is 5. The molecule has 0 radical (unpaired) electrons. The third kappa shape index (κ3) is 2.82. The Hall–Kier alpha value is -1.55. The van der Waals surface area contributed by atoms with Gasteiger partial charge in [0, 0.05) is 6.54 Å². The van der Waals surface area contributed by atoms with Crippen LogP contribution in [0.5, 0.6) is 5.75 Å². The topological polar surface area (TPSA) is 69.6 Å². The number of aromatic hydroxyl groups is 1. The van der Waals surface area contributed by atoms with Crippen LogP contribution in [0.15, 0.2) is 12.1 Å². The van der Waals surface area contributed by atoms with E-state index in [1.807, 2.05) is 26.0 Å². The molecule has 0 spiro atoms. The van der Waals surface area contributed by atoms with Gasteiger partial charge in [-0.2, -0.15) is 0 Å². The summed E-state index contributed by atoms with van der Waals surface area (Å²) in [4.78, 5) is 11.1. The van der Waals surface area contributed by atoms with Crippen LogP contribution in [0.3, 0.4) is 0 Å². The molecule has 1 atom stereocenters. The minimum absolute atomic E-state index is 0.279. The Bertz CT molecular complexity index is 443. The Balaban J connectivity index is 2.03. The van der Waals surface area contributed by atoms with E-state index in [1.165, 1.54) is 0 Å². The molecule has 98 valence electrons. The van der Waals surface area contributed by atoms with E-state index in [4.69, 9.17) is 5.11 Å². The molecule has 1 saturated carbocycles. The highest BCUT2D eigenvalue weighted by molar-refractivity contribution is 5.74. The van der Waals surface area contributed by atoms with Gasteiger partial charge < -0.3 is 15.5 Å². The molecule has 2 rings (SSSR count). The molecule has 4 heteroatoms. The molecule has 3 N–H and O–H groups in total. The van der Waals surface area contributed by atoms with Gasteiger partial charge in [-0.3, -0.25) is 4.79 Å². The van der Waals surface area contributed by atoms with E-state index < -0.39 is 12.0 Å². The minimum Gasteiger partial charge on any atom is -0.507 e. The Morgan fingerprint density at radius 3 is 2.39 bits per heavy atom. The van der Waals surface area contributed by atoms with Crippen molar-refractivity contribution in [3.63, 3.8) is 0 Å². The molecular formula is C14H19NO3. The number of phenolic OH excluding ortho intramolecular Hbond substituents is 1. The van der Waals surface area contributed by atoms with Crippen LogP contribution in [0.2, 0.25) is 0 Å². The molecule has 1 aliphatic carbocycles. The first-order chi connectivity index (χ1) is 8.49. The summed E-state index contributed by atoms with van der Waals surface area (Å²) >= 11 is 0. The smallest absolute Gasteiger partial charge is 0.320 e. The monoisotopic (exact) mass is 249 g/mol. The Kier molecular flexibility index (Phi) is 3.57. The van der Waals surface area contributed by atoms with Crippen LogP contribution in [0.1, 0.15) is 29.5 Å². The number of nitrogens with one attached hydrogen (secondary N) is 1. The molecule has 18 heavy (non-hydrogen) atoms. The fourth-order valence-corrected chi connectivity index (χ4v) is 2.26. The number of benzene rings is 1. The predicted octanol–water partition coefficient (Wildman–Crippen LogP) is 1.96. The molecule has 0 bridgehead atoms. The standard InChI is InChI=1S/C14H19NO3/c1-8-5-10(6-9(2)13(8)16)7-15-12(14(17)18)11-3-4-11/h5-6,11-12,15-16H,3-4,7H2,1-2H3,(H,17,18). The fraction of sp³-hybridized carbons (Fsp3) is 0.500. The van der Waals surface area contributed by atoms with Crippen molar-refractivity contribution in [3.8, 4) is 5.75 Å². The number of hydrogen-bond donors (Lipinski definition) is 3. The lowest BCUT2D eigenvalue weighted by atomic mass is 10.1. The third-order valence-electron chi connectivity index (χ3n) is 3.44. The zero-order valence-electron chi connectivity index (χ0n) is 10.7. The van der Waals surface area contributed by atoms with Crippen LogP contribution >= 0.6 is 0 Å². The summed E-state index contributed by atoms with van der Waals surface area (Å²) in [5.41, 5.74) is 2.66. The highest BCUT2D eigenvalue weighted by atomic mass is 16.4. The normalized spacial score (nSPS) is 16.6. The number of hydrogen-bond acceptors (Lipinski definition) is 3. The fourth-order valence-electron chi connectivity index (χ4n) is 2.26. The number of aryl methyl sites for hydroxylation is 2. The van der Waals surface area contributed by atoms with Crippen LogP contribution < -0.4 is 5.32 Å². The summed E-state index contributed by atoms with van der Waals surface area (Å²) < 4.78 is 0. The highest BCUT2D eigenvalue weighted by Crippen LogP contribution is 2.33. The second-order valence-corrected chi connectivity index (χ2v) is 5.11. The zero-order chi connectivity index (χ0) is 13.3. The minimum atomic E-state index is -0.773. The first kappa shape index (κ1) is 12.9. The van der Waals surface area contributed by atoms with Crippen molar-refractivity contribution < 1.29 is 15.0 Å². The van der Waals surface area contributed by atoms with Crippen molar-refractivity contribution in [2.75, 3.05) is 0 Å². The molecule has 0 heterocycles. The maximum atomic E-state index is 11.1. The van der Waals surface area contributed by atoms with Crippen molar-refractivity contribution >= 4 is 5.97 Å². The second-order valence-electron chi connectivity index (χ2n) is 5.11. The van der Waals surface area contributed by atoms with Gasteiger partial charge in [0.1, 0.15) is 11.8 Å². The van der Waals surface area contributed by atoms with E-state index in [0.29, 0.717) is 12.3 Å². The third-order valence-corrected chi connectivity index (χ3v) is 3.44. The lowest BCUT2D eigenvalue weighted by Crippen LogP contribution is -2.38. The van der Waals surface area contributed by atoms with Gasteiger partial charge in [-0.05, 0) is 49.3 Å². The molecule has 1 aliphatic rings. The molecule has 1 fully saturated rings. The Morgan fingerprint density at radius 2 is 1.94 bits per heavy atom. The lowest BCUT2D eigenvalue weighted by Gasteiger charge is -2.14. The van der Waals surface area contributed by atoms with E-state index in [1.54, 1.807) is 0 Å². The molecule has 0 amide bonds. The average Bonchev–Trinajstić information content (AvgIpc) is 3.10. The molecule has 1 aromatic carbocycles. The average molecular weight is 249 g/mol. The quantitative estimate of drug-likeness (QED) is 0.746. The molecular weight excluding hydrogens is 230 g/mol. The summed E-state index contributed by atoms with van der Waals surface area (Å²) in [6.45, 7) is 4.22. The van der Waals surface area contributed by atoms with Gasteiger partial charge in [-0.15, -0.1) is 0 Å². The van der Waals surface area contributed by atoms with Gasteiger partial charge in [0.25, 0.3) is 0 Å². The van der Waals surface area contributed by atoms with E-state index in [9.17, 15) is 9.90 Å². The van der Waals surface area contributed by atoms with Gasteiger partial charge in [-0.1, -0.05) is 12.1 Å². The summed E-state index contributed by atoms with van der Waals surface area (Å²) in [7, 11) is 0. The van der Waals surface area contributed by atoms with E-state index in [-0.39, 0.29) is 5.92 Å². The van der Waals surface area contributed by atoms with E-state index in [0.717, 1.165) is 29.5 Å². The Morgan fingerprint density at radius 1 is 1.39 bits per heavy atom. The zero-order valence-corrected chi connectivity index (χ0v) is 10.7. The number of carboxylic acid groups (broad SMARTS) is 1. The van der Waals surface area contributed by atoms with Crippen LogP contribution in [0.4, 0.5) is 0 Å². The number of aliphatic carboxylic acids is 1. The lowest BCUT2D eigenvalue weighted by molar-refractivity contribution is -0.140. The SMILES string of the molecule is Cc1cc(CNC(C(=O)O)C2CC2)cc(C)c1O. The summed E-state index contributed by atoms with van der Waals surface area (Å²) in [6.07, 6.45) is 2.00. The molecule has 4 nitrogen and oxygen atoms in total. The highest BCUT2D eigenvalue weighted by Gasteiger charge is 2.35. The van der Waals surface area contributed by atoms with Crippen LogP contribution in [0, 0.1) is 19.8 Å². The maximum Gasteiger partial charge on any atom is 0.320 e. The molecule has 1 aromatic rings. The van der Waals surface area contributed by atoms with Gasteiger partial charge in [-0.25, -0.2) is 0 Å². The number of carboxylic acids is 1. The number of carbonyl (C=O) groups is 1. The molecule has 0 aliphatic heterocycles.